The monoisotopic (exact) mass is 478 g/mol. The fourth-order valence-corrected chi connectivity index (χ4v) is 5.21. The van der Waals surface area contributed by atoms with E-state index < -0.39 is 30.0 Å². The van der Waals surface area contributed by atoms with Gasteiger partial charge >= 0.3 is 0 Å². The first-order chi connectivity index (χ1) is 14.6. The molecular formula is C22H38O7S2. The second-order valence-electron chi connectivity index (χ2n) is 8.05. The van der Waals surface area contributed by atoms with Gasteiger partial charge < -0.3 is 4.74 Å². The van der Waals surface area contributed by atoms with Gasteiger partial charge in [-0.05, 0) is 30.5 Å². The number of methoxy groups -OCH3 is 1. The molecule has 0 aliphatic rings. The molecule has 0 heterocycles. The summed E-state index contributed by atoms with van der Waals surface area (Å²) in [6.45, 7) is 2.23. The van der Waals surface area contributed by atoms with Gasteiger partial charge in [-0.1, -0.05) is 84.0 Å². The van der Waals surface area contributed by atoms with E-state index in [1.165, 1.54) is 71.0 Å². The van der Waals surface area contributed by atoms with E-state index in [0.717, 1.165) is 25.3 Å². The quantitative estimate of drug-likeness (QED) is 0.214. The van der Waals surface area contributed by atoms with Crippen molar-refractivity contribution in [3.63, 3.8) is 0 Å². The van der Waals surface area contributed by atoms with Crippen LogP contribution in [-0.2, 0) is 26.7 Å². The fourth-order valence-electron chi connectivity index (χ4n) is 3.71. The van der Waals surface area contributed by atoms with Crippen molar-refractivity contribution in [2.45, 2.75) is 107 Å². The summed E-state index contributed by atoms with van der Waals surface area (Å²) in [5.41, 5.74) is 0.273. The molecule has 9 heteroatoms. The molecule has 0 aromatic heterocycles. The molecule has 1 aromatic carbocycles. The number of hydrogen-bond donors (Lipinski definition) is 2. The molecule has 0 aliphatic heterocycles. The summed E-state index contributed by atoms with van der Waals surface area (Å²) in [6, 6.07) is 2.01. The van der Waals surface area contributed by atoms with Gasteiger partial charge in [-0.3, -0.25) is 9.11 Å². The molecule has 31 heavy (non-hydrogen) atoms. The molecule has 7 nitrogen and oxygen atoms in total. The summed E-state index contributed by atoms with van der Waals surface area (Å²) in [5.74, 6) is -0.153. The highest BCUT2D eigenvalue weighted by atomic mass is 32.2. The third-order valence-corrected chi connectivity index (χ3v) is 7.26. The zero-order chi connectivity index (χ0) is 23.3. The Kier molecular flexibility index (Phi) is 12.7. The van der Waals surface area contributed by atoms with Gasteiger partial charge in [-0.25, -0.2) is 0 Å². The van der Waals surface area contributed by atoms with Gasteiger partial charge in [0.15, 0.2) is 0 Å². The highest BCUT2D eigenvalue weighted by Crippen LogP contribution is 2.31. The highest BCUT2D eigenvalue weighted by molar-refractivity contribution is 7.86. The van der Waals surface area contributed by atoms with Gasteiger partial charge in [0, 0.05) is 0 Å². The number of benzene rings is 1. The van der Waals surface area contributed by atoms with Crippen LogP contribution in [0, 0.1) is 0 Å². The van der Waals surface area contributed by atoms with Crippen LogP contribution < -0.4 is 4.74 Å². The van der Waals surface area contributed by atoms with Crippen molar-refractivity contribution >= 4 is 20.2 Å². The van der Waals surface area contributed by atoms with E-state index in [-0.39, 0.29) is 11.3 Å². The van der Waals surface area contributed by atoms with Crippen molar-refractivity contribution in [3.05, 3.63) is 17.7 Å². The lowest BCUT2D eigenvalue weighted by atomic mass is 10.0. The van der Waals surface area contributed by atoms with E-state index in [1.807, 2.05) is 0 Å². The number of rotatable bonds is 17. The molecule has 1 aromatic rings. The molecule has 0 unspecified atom stereocenters. The maximum Gasteiger partial charge on any atom is 0.298 e. The van der Waals surface area contributed by atoms with Crippen molar-refractivity contribution < 1.29 is 30.7 Å². The lowest BCUT2D eigenvalue weighted by Gasteiger charge is -2.13. The van der Waals surface area contributed by atoms with Gasteiger partial charge in [0.25, 0.3) is 20.2 Å². The molecular weight excluding hydrogens is 440 g/mol. The Morgan fingerprint density at radius 3 is 1.48 bits per heavy atom. The molecule has 0 bridgehead atoms. The van der Waals surface area contributed by atoms with Gasteiger partial charge in [-0.15, -0.1) is 0 Å². The molecule has 0 atom stereocenters. The van der Waals surface area contributed by atoms with Crippen molar-refractivity contribution in [1.82, 2.24) is 0 Å². The minimum absolute atomic E-state index is 0.153. The van der Waals surface area contributed by atoms with E-state index in [9.17, 15) is 25.9 Å². The topological polar surface area (TPSA) is 118 Å². The lowest BCUT2D eigenvalue weighted by molar-refractivity contribution is 0.395. The first kappa shape index (κ1) is 27.9. The van der Waals surface area contributed by atoms with Crippen LogP contribution >= 0.6 is 0 Å². The standard InChI is InChI=1S/C22H38O7S2/c1-3-4-5-6-7-8-9-10-11-12-13-14-15-16-19-17-20(29-2)22(31(26,27)28)18-21(19)30(23,24)25/h17-18H,3-16H2,1-2H3,(H,23,24,25)(H,26,27,28). The maximum absolute atomic E-state index is 11.7. The summed E-state index contributed by atoms with van der Waals surface area (Å²) in [7, 11) is -8.11. The van der Waals surface area contributed by atoms with Gasteiger partial charge in [0.1, 0.15) is 10.6 Å². The van der Waals surface area contributed by atoms with Crippen LogP contribution in [0.2, 0.25) is 0 Å². The Labute approximate surface area is 188 Å². The number of hydrogen-bond acceptors (Lipinski definition) is 5. The Bertz CT molecular complexity index is 862. The van der Waals surface area contributed by atoms with Crippen LogP contribution in [0.25, 0.3) is 0 Å². The third kappa shape index (κ3) is 10.8. The van der Waals surface area contributed by atoms with Crippen LogP contribution in [0.1, 0.15) is 96.0 Å². The third-order valence-electron chi connectivity index (χ3n) is 5.45. The molecule has 2 N–H and O–H groups in total. The van der Waals surface area contributed by atoms with Gasteiger partial charge in [0.05, 0.1) is 12.0 Å². The van der Waals surface area contributed by atoms with E-state index in [4.69, 9.17) is 4.74 Å². The van der Waals surface area contributed by atoms with E-state index in [2.05, 4.69) is 6.92 Å². The Hall–Kier alpha value is -1.16. The molecule has 0 amide bonds. The Morgan fingerprint density at radius 1 is 0.677 bits per heavy atom. The highest BCUT2D eigenvalue weighted by Gasteiger charge is 2.24. The van der Waals surface area contributed by atoms with Crippen LogP contribution in [0.4, 0.5) is 0 Å². The first-order valence-corrected chi connectivity index (χ1v) is 14.1. The van der Waals surface area contributed by atoms with Crippen LogP contribution in [0.3, 0.4) is 0 Å². The van der Waals surface area contributed by atoms with Crippen molar-refractivity contribution in [2.24, 2.45) is 0 Å². The summed E-state index contributed by atoms with van der Waals surface area (Å²) >= 11 is 0. The maximum atomic E-state index is 11.7. The zero-order valence-corrected chi connectivity index (χ0v) is 20.4. The molecule has 0 aliphatic carbocycles. The largest absolute Gasteiger partial charge is 0.495 e. The van der Waals surface area contributed by atoms with Gasteiger partial charge in [-0.2, -0.15) is 16.8 Å². The Morgan fingerprint density at radius 2 is 1.10 bits per heavy atom. The summed E-state index contributed by atoms with van der Waals surface area (Å²) in [5, 5.41) is 0. The predicted molar refractivity (Wildman–Crippen MR) is 122 cm³/mol. The second-order valence-corrected chi connectivity index (χ2v) is 10.8. The summed E-state index contributed by atoms with van der Waals surface area (Å²) < 4.78 is 70.1. The first-order valence-electron chi connectivity index (χ1n) is 11.3. The smallest absolute Gasteiger partial charge is 0.298 e. The SMILES string of the molecule is CCCCCCCCCCCCCCCc1cc(OC)c(S(=O)(=O)O)cc1S(=O)(=O)O. The second kappa shape index (κ2) is 14.1. The van der Waals surface area contributed by atoms with Crippen LogP contribution in [-0.4, -0.2) is 33.1 Å². The Balaban J connectivity index is 2.45. The number of unbranched alkanes of at least 4 members (excludes halogenated alkanes) is 12. The molecule has 0 saturated heterocycles. The van der Waals surface area contributed by atoms with Crippen molar-refractivity contribution in [1.29, 1.82) is 0 Å². The minimum Gasteiger partial charge on any atom is -0.495 e. The van der Waals surface area contributed by atoms with Crippen LogP contribution in [0.5, 0.6) is 5.75 Å². The van der Waals surface area contributed by atoms with Crippen molar-refractivity contribution in [3.8, 4) is 5.75 Å². The van der Waals surface area contributed by atoms with E-state index in [0.29, 0.717) is 12.8 Å². The summed E-state index contributed by atoms with van der Waals surface area (Å²) in [6.07, 6.45) is 15.8. The molecule has 0 spiro atoms. The van der Waals surface area contributed by atoms with Crippen molar-refractivity contribution in [2.75, 3.05) is 7.11 Å². The minimum atomic E-state index is -4.69. The average Bonchev–Trinajstić information content (AvgIpc) is 2.69. The number of aryl methyl sites for hydroxylation is 1. The summed E-state index contributed by atoms with van der Waals surface area (Å²) in [4.78, 5) is -1.20. The molecule has 0 saturated carbocycles. The fraction of sp³-hybridized carbons (Fsp3) is 0.727. The molecule has 0 radical (unpaired) electrons. The van der Waals surface area contributed by atoms with Crippen LogP contribution in [0.15, 0.2) is 21.9 Å². The lowest BCUT2D eigenvalue weighted by Crippen LogP contribution is -2.09. The van der Waals surface area contributed by atoms with E-state index >= 15 is 0 Å². The average molecular weight is 479 g/mol. The molecule has 0 fully saturated rings. The predicted octanol–water partition coefficient (Wildman–Crippen LogP) is 5.82. The molecule has 1 rings (SSSR count). The molecule has 180 valence electrons. The van der Waals surface area contributed by atoms with E-state index in [1.54, 1.807) is 0 Å². The number of ether oxygens (including phenoxy) is 1. The normalized spacial score (nSPS) is 12.3. The zero-order valence-electron chi connectivity index (χ0n) is 18.8. The van der Waals surface area contributed by atoms with Gasteiger partial charge in [0.2, 0.25) is 0 Å².